The van der Waals surface area contributed by atoms with E-state index >= 15 is 0 Å². The third-order valence-electron chi connectivity index (χ3n) is 11.4. The minimum Gasteiger partial charge on any atom is -0.393 e. The summed E-state index contributed by atoms with van der Waals surface area (Å²) in [5.41, 5.74) is 0. The van der Waals surface area contributed by atoms with Crippen molar-refractivity contribution in [1.82, 2.24) is 5.32 Å². The highest BCUT2D eigenvalue weighted by molar-refractivity contribution is 7.47. The predicted molar refractivity (Wildman–Crippen MR) is 243 cm³/mol. The molecule has 9 N–H and O–H groups in total. The van der Waals surface area contributed by atoms with Crippen molar-refractivity contribution in [2.45, 2.75) is 249 Å². The average molecular weight is 890 g/mol. The highest BCUT2D eigenvalue weighted by Gasteiger charge is 2.51. The zero-order valence-electron chi connectivity index (χ0n) is 37.8. The van der Waals surface area contributed by atoms with E-state index < -0.39 is 75.2 Å². The van der Waals surface area contributed by atoms with Crippen molar-refractivity contribution in [2.75, 3.05) is 6.61 Å². The Morgan fingerprint density at radius 2 is 0.967 bits per heavy atom. The number of rotatable bonds is 39. The number of carbonyl (C=O) groups excluding carboxylic acids is 1. The quantitative estimate of drug-likeness (QED) is 0.0162. The average Bonchev–Trinajstić information content (AvgIpc) is 3.23. The van der Waals surface area contributed by atoms with Crippen molar-refractivity contribution < 1.29 is 59.0 Å². The summed E-state index contributed by atoms with van der Waals surface area (Å²) in [6.07, 6.45) is 28.2. The van der Waals surface area contributed by atoms with Crippen LogP contribution in [0.3, 0.4) is 0 Å². The van der Waals surface area contributed by atoms with Crippen molar-refractivity contribution >= 4 is 13.7 Å². The maximum atomic E-state index is 13.0. The molecule has 1 saturated carbocycles. The molecule has 0 heterocycles. The van der Waals surface area contributed by atoms with E-state index in [2.05, 4.69) is 43.5 Å². The zero-order chi connectivity index (χ0) is 45.1. The van der Waals surface area contributed by atoms with Gasteiger partial charge in [0, 0.05) is 0 Å². The second-order valence-electron chi connectivity index (χ2n) is 17.1. The van der Waals surface area contributed by atoms with Gasteiger partial charge in [0.2, 0.25) is 5.91 Å². The molecule has 0 radical (unpaired) electrons. The Balaban J connectivity index is 2.48. The molecule has 0 saturated heterocycles. The molecule has 1 aliphatic rings. The van der Waals surface area contributed by atoms with Crippen LogP contribution < -0.4 is 5.32 Å². The molecule has 1 aliphatic carbocycles. The van der Waals surface area contributed by atoms with E-state index in [1.807, 2.05) is 0 Å². The molecule has 0 bridgehead atoms. The molecule has 0 aromatic rings. The molecule has 0 aromatic heterocycles. The van der Waals surface area contributed by atoms with Crippen LogP contribution in [0.15, 0.2) is 36.5 Å². The molecule has 1 fully saturated rings. The molecule has 358 valence electrons. The van der Waals surface area contributed by atoms with Gasteiger partial charge in [0.25, 0.3) is 0 Å². The number of hydrogen-bond donors (Lipinski definition) is 9. The van der Waals surface area contributed by atoms with Crippen LogP contribution in [0, 0.1) is 0 Å². The molecule has 8 atom stereocenters. The maximum Gasteiger partial charge on any atom is 0.472 e. The molecule has 14 heteroatoms. The fourth-order valence-electron chi connectivity index (χ4n) is 7.49. The molecule has 1 amide bonds. The highest BCUT2D eigenvalue weighted by Crippen LogP contribution is 2.47. The first-order valence-electron chi connectivity index (χ1n) is 24.0. The molecular weight excluding hydrogens is 801 g/mol. The van der Waals surface area contributed by atoms with E-state index in [0.717, 1.165) is 64.2 Å². The van der Waals surface area contributed by atoms with Gasteiger partial charge >= 0.3 is 7.82 Å². The van der Waals surface area contributed by atoms with Crippen molar-refractivity contribution in [3.8, 4) is 0 Å². The summed E-state index contributed by atoms with van der Waals surface area (Å²) >= 11 is 0. The van der Waals surface area contributed by atoms with Gasteiger partial charge in [-0.3, -0.25) is 13.8 Å². The van der Waals surface area contributed by atoms with E-state index in [0.29, 0.717) is 12.8 Å². The van der Waals surface area contributed by atoms with Gasteiger partial charge in [-0.25, -0.2) is 4.57 Å². The van der Waals surface area contributed by atoms with Gasteiger partial charge < -0.3 is 46.0 Å². The Morgan fingerprint density at radius 1 is 0.574 bits per heavy atom. The van der Waals surface area contributed by atoms with Crippen LogP contribution in [0.25, 0.3) is 0 Å². The van der Waals surface area contributed by atoms with E-state index in [4.69, 9.17) is 9.05 Å². The first-order chi connectivity index (χ1) is 29.3. The Hall–Kier alpha value is -1.48. The number of phosphoric ester groups is 1. The van der Waals surface area contributed by atoms with Gasteiger partial charge in [-0.1, -0.05) is 166 Å². The lowest BCUT2D eigenvalue weighted by molar-refractivity contribution is -0.220. The minimum atomic E-state index is -5.15. The molecule has 8 unspecified atom stereocenters. The number of phosphoric acid groups is 1. The third-order valence-corrected chi connectivity index (χ3v) is 12.4. The zero-order valence-corrected chi connectivity index (χ0v) is 38.7. The summed E-state index contributed by atoms with van der Waals surface area (Å²) in [4.78, 5) is 23.4. The summed E-state index contributed by atoms with van der Waals surface area (Å²) in [7, 11) is -5.15. The molecule has 61 heavy (non-hydrogen) atoms. The second-order valence-corrected chi connectivity index (χ2v) is 18.5. The number of nitrogens with one attached hydrogen (secondary N) is 1. The molecule has 0 spiro atoms. The normalized spacial score (nSPS) is 23.5. The highest BCUT2D eigenvalue weighted by atomic mass is 31.2. The van der Waals surface area contributed by atoms with Crippen molar-refractivity contribution in [3.63, 3.8) is 0 Å². The molecule has 1 rings (SSSR count). The van der Waals surface area contributed by atoms with Gasteiger partial charge in [-0.05, 0) is 57.8 Å². The lowest BCUT2D eigenvalue weighted by Gasteiger charge is -2.41. The molecule has 0 aromatic carbocycles. The molecule has 0 aliphatic heterocycles. The van der Waals surface area contributed by atoms with Crippen LogP contribution in [0.5, 0.6) is 0 Å². The number of allylic oxidation sites excluding steroid dienone is 5. The standard InChI is InChI=1S/C47H88NO12P/c1-3-5-7-9-11-13-15-16-17-18-19-20-21-22-23-25-26-28-30-32-34-38(49)36-41(51)48-39(40(50)35-33-31-29-27-24-14-12-10-8-6-4-2)37-59-61(57,58)60-47-45(55)43(53)42(52)44(54)46(47)56/h21-22,24,27,33,35,38-40,42-47,49-50,52-56H,3-20,23,25-26,28-32,34,36-37H2,1-2H3,(H,48,51)(H,57,58)/b22-21-,27-24+,35-33+. The summed E-state index contributed by atoms with van der Waals surface area (Å²) < 4.78 is 22.8. The minimum absolute atomic E-state index is 0.258. The van der Waals surface area contributed by atoms with Gasteiger partial charge in [0.05, 0.1) is 31.3 Å². The Morgan fingerprint density at radius 3 is 1.44 bits per heavy atom. The number of aliphatic hydroxyl groups is 7. The number of unbranched alkanes of at least 4 members (excludes halogenated alkanes) is 22. The van der Waals surface area contributed by atoms with E-state index in [1.54, 1.807) is 6.08 Å². The van der Waals surface area contributed by atoms with Crippen LogP contribution >= 0.6 is 7.82 Å². The molecular formula is C47H88NO12P. The largest absolute Gasteiger partial charge is 0.472 e. The van der Waals surface area contributed by atoms with Crippen LogP contribution in [0.4, 0.5) is 0 Å². The van der Waals surface area contributed by atoms with E-state index in [1.165, 1.54) is 102 Å². The summed E-state index contributed by atoms with van der Waals surface area (Å²) in [6.45, 7) is 3.69. The number of amides is 1. The van der Waals surface area contributed by atoms with Gasteiger partial charge in [0.1, 0.15) is 36.6 Å². The fourth-order valence-corrected chi connectivity index (χ4v) is 8.45. The van der Waals surface area contributed by atoms with Crippen LogP contribution in [-0.2, 0) is 18.4 Å². The SMILES string of the molecule is CCCCCCC/C=C/CC/C=C/C(O)C(COP(=O)(O)OC1C(O)C(O)C(O)C(O)C1O)NC(=O)CC(O)CCCCCCC/C=C\CCCCCCCCCCCCC. The summed E-state index contributed by atoms with van der Waals surface area (Å²) in [5, 5.41) is 74.3. The lowest BCUT2D eigenvalue weighted by atomic mass is 9.85. The van der Waals surface area contributed by atoms with E-state index in [-0.39, 0.29) is 6.42 Å². The number of carbonyl (C=O) groups is 1. The number of hydrogen-bond acceptors (Lipinski definition) is 11. The third kappa shape index (κ3) is 28.8. The van der Waals surface area contributed by atoms with Crippen molar-refractivity contribution in [1.29, 1.82) is 0 Å². The molecule has 13 nitrogen and oxygen atoms in total. The Kier molecular flexibility index (Phi) is 34.7. The fraction of sp³-hybridized carbons (Fsp3) is 0.851. The predicted octanol–water partition coefficient (Wildman–Crippen LogP) is 8.14. The van der Waals surface area contributed by atoms with Gasteiger partial charge in [0.15, 0.2) is 0 Å². The monoisotopic (exact) mass is 890 g/mol. The second kappa shape index (κ2) is 36.8. The smallest absolute Gasteiger partial charge is 0.393 e. The Bertz CT molecular complexity index is 1190. The van der Waals surface area contributed by atoms with Gasteiger partial charge in [-0.15, -0.1) is 0 Å². The van der Waals surface area contributed by atoms with Crippen LogP contribution in [0.2, 0.25) is 0 Å². The van der Waals surface area contributed by atoms with Crippen LogP contribution in [0.1, 0.15) is 194 Å². The number of aliphatic hydroxyl groups excluding tert-OH is 7. The summed E-state index contributed by atoms with van der Waals surface area (Å²) in [6, 6.07) is -1.26. The van der Waals surface area contributed by atoms with Crippen molar-refractivity contribution in [3.05, 3.63) is 36.5 Å². The topological polar surface area (TPSA) is 226 Å². The first-order valence-corrected chi connectivity index (χ1v) is 25.5. The lowest BCUT2D eigenvalue weighted by Crippen LogP contribution is -2.64. The Labute approximate surface area is 368 Å². The van der Waals surface area contributed by atoms with Crippen molar-refractivity contribution in [2.24, 2.45) is 0 Å². The van der Waals surface area contributed by atoms with Crippen LogP contribution in [-0.4, -0.2) is 108 Å². The van der Waals surface area contributed by atoms with Gasteiger partial charge in [-0.2, -0.15) is 0 Å². The maximum absolute atomic E-state index is 13.0. The van der Waals surface area contributed by atoms with E-state index in [9.17, 15) is 50.0 Å². The summed E-state index contributed by atoms with van der Waals surface area (Å²) in [5.74, 6) is -0.609. The first kappa shape index (κ1) is 57.5.